The SMILES string of the molecule is CCCn1c(=O)n(Cc2ccc(Br)cc2)c(=O)c2c1nc(CC)n2C. The van der Waals surface area contributed by atoms with E-state index in [-0.39, 0.29) is 17.8 Å². The van der Waals surface area contributed by atoms with E-state index >= 15 is 0 Å². The van der Waals surface area contributed by atoms with E-state index in [1.807, 2.05) is 45.2 Å². The van der Waals surface area contributed by atoms with Crippen molar-refractivity contribution in [1.29, 1.82) is 0 Å². The first-order valence-electron chi connectivity index (χ1n) is 8.41. The number of hydrogen-bond donors (Lipinski definition) is 0. The van der Waals surface area contributed by atoms with Gasteiger partial charge in [0.05, 0.1) is 6.54 Å². The first-order valence-corrected chi connectivity index (χ1v) is 9.20. The normalized spacial score (nSPS) is 11.4. The Balaban J connectivity index is 2.27. The topological polar surface area (TPSA) is 61.8 Å². The van der Waals surface area contributed by atoms with Crippen LogP contribution in [0.1, 0.15) is 31.7 Å². The van der Waals surface area contributed by atoms with Gasteiger partial charge < -0.3 is 4.57 Å². The van der Waals surface area contributed by atoms with E-state index < -0.39 is 0 Å². The molecule has 1 aromatic carbocycles. The molecule has 2 aromatic heterocycles. The molecule has 3 aromatic rings. The van der Waals surface area contributed by atoms with Crippen LogP contribution < -0.4 is 11.2 Å². The lowest BCUT2D eigenvalue weighted by molar-refractivity contribution is 0.588. The van der Waals surface area contributed by atoms with Gasteiger partial charge in [-0.3, -0.25) is 13.9 Å². The summed E-state index contributed by atoms with van der Waals surface area (Å²) in [6.07, 6.45) is 1.50. The van der Waals surface area contributed by atoms with Crippen LogP contribution in [0.3, 0.4) is 0 Å². The molecule has 0 saturated carbocycles. The minimum Gasteiger partial charge on any atom is -0.325 e. The van der Waals surface area contributed by atoms with Crippen molar-refractivity contribution in [1.82, 2.24) is 18.7 Å². The van der Waals surface area contributed by atoms with Crippen molar-refractivity contribution in [2.75, 3.05) is 0 Å². The Morgan fingerprint density at radius 2 is 1.76 bits per heavy atom. The van der Waals surface area contributed by atoms with Gasteiger partial charge in [-0.2, -0.15) is 0 Å². The van der Waals surface area contributed by atoms with Gasteiger partial charge in [0.15, 0.2) is 11.2 Å². The second kappa shape index (κ2) is 7.00. The molecule has 0 spiro atoms. The second-order valence-electron chi connectivity index (χ2n) is 6.06. The van der Waals surface area contributed by atoms with E-state index in [9.17, 15) is 9.59 Å². The highest BCUT2D eigenvalue weighted by atomic mass is 79.9. The predicted molar refractivity (Wildman–Crippen MR) is 102 cm³/mol. The van der Waals surface area contributed by atoms with Gasteiger partial charge in [-0.25, -0.2) is 9.78 Å². The number of aromatic nitrogens is 4. The molecule has 0 aliphatic carbocycles. The second-order valence-corrected chi connectivity index (χ2v) is 6.98. The lowest BCUT2D eigenvalue weighted by Gasteiger charge is -2.11. The van der Waals surface area contributed by atoms with E-state index in [0.717, 1.165) is 22.3 Å². The summed E-state index contributed by atoms with van der Waals surface area (Å²) in [5.74, 6) is 0.803. The molecule has 0 fully saturated rings. The minimum atomic E-state index is -0.303. The Bertz CT molecular complexity index is 1030. The Hall–Kier alpha value is -2.15. The van der Waals surface area contributed by atoms with Gasteiger partial charge in [0.25, 0.3) is 5.56 Å². The molecular weight excluding hydrogens is 384 g/mol. The van der Waals surface area contributed by atoms with Gasteiger partial charge in [-0.05, 0) is 24.1 Å². The van der Waals surface area contributed by atoms with Gasteiger partial charge >= 0.3 is 5.69 Å². The average molecular weight is 405 g/mol. The largest absolute Gasteiger partial charge is 0.333 e. The van der Waals surface area contributed by atoms with Crippen LogP contribution in [0.2, 0.25) is 0 Å². The molecule has 0 N–H and O–H groups in total. The molecule has 0 saturated heterocycles. The van der Waals surface area contributed by atoms with Gasteiger partial charge in [0.2, 0.25) is 0 Å². The summed E-state index contributed by atoms with van der Waals surface area (Å²) in [7, 11) is 1.83. The molecule has 0 radical (unpaired) electrons. The fourth-order valence-corrected chi connectivity index (χ4v) is 3.33. The summed E-state index contributed by atoms with van der Waals surface area (Å²) < 4.78 is 5.69. The van der Waals surface area contributed by atoms with Crippen molar-refractivity contribution in [3.05, 3.63) is 61.0 Å². The first-order chi connectivity index (χ1) is 12.0. The van der Waals surface area contributed by atoms with Gasteiger partial charge in [-0.1, -0.05) is 41.9 Å². The molecule has 6 nitrogen and oxygen atoms in total. The van der Waals surface area contributed by atoms with Crippen molar-refractivity contribution in [2.45, 2.75) is 39.8 Å². The van der Waals surface area contributed by atoms with E-state index in [1.165, 1.54) is 4.57 Å². The molecular formula is C18H21BrN4O2. The summed E-state index contributed by atoms with van der Waals surface area (Å²) >= 11 is 3.40. The summed E-state index contributed by atoms with van der Waals surface area (Å²) in [5.41, 5.74) is 1.29. The molecule has 0 atom stereocenters. The molecule has 0 aliphatic rings. The van der Waals surface area contributed by atoms with Crippen LogP contribution in [-0.2, 0) is 26.6 Å². The molecule has 2 heterocycles. The van der Waals surface area contributed by atoms with Crippen molar-refractivity contribution < 1.29 is 0 Å². The molecule has 0 amide bonds. The Labute approximate surface area is 153 Å². The number of aryl methyl sites for hydroxylation is 3. The van der Waals surface area contributed by atoms with E-state index in [4.69, 9.17) is 0 Å². The number of imidazole rings is 1. The molecule has 3 rings (SSSR count). The van der Waals surface area contributed by atoms with Crippen LogP contribution in [-0.4, -0.2) is 18.7 Å². The molecule has 0 aliphatic heterocycles. The molecule has 0 bridgehead atoms. The Morgan fingerprint density at radius 1 is 1.08 bits per heavy atom. The maximum Gasteiger partial charge on any atom is 0.333 e. The summed E-state index contributed by atoms with van der Waals surface area (Å²) in [6, 6.07) is 7.63. The van der Waals surface area contributed by atoms with Crippen LogP contribution in [0, 0.1) is 0 Å². The maximum atomic E-state index is 13.0. The van der Waals surface area contributed by atoms with Crippen LogP contribution in [0.15, 0.2) is 38.3 Å². The van der Waals surface area contributed by atoms with Crippen molar-refractivity contribution >= 4 is 27.1 Å². The van der Waals surface area contributed by atoms with Gasteiger partial charge in [-0.15, -0.1) is 0 Å². The van der Waals surface area contributed by atoms with Gasteiger partial charge in [0.1, 0.15) is 5.82 Å². The zero-order chi connectivity index (χ0) is 18.1. The fourth-order valence-electron chi connectivity index (χ4n) is 3.06. The summed E-state index contributed by atoms with van der Waals surface area (Å²) in [6.45, 7) is 4.78. The average Bonchev–Trinajstić information content (AvgIpc) is 2.94. The summed E-state index contributed by atoms with van der Waals surface area (Å²) in [5, 5.41) is 0. The maximum absolute atomic E-state index is 13.0. The van der Waals surface area contributed by atoms with Crippen molar-refractivity contribution in [3.8, 4) is 0 Å². The standard InChI is InChI=1S/C18H21BrN4O2/c1-4-10-22-16-15(21(3)14(5-2)20-16)17(24)23(18(22)25)11-12-6-8-13(19)9-7-12/h6-9H,4-5,10-11H2,1-3H3. The number of hydrogen-bond acceptors (Lipinski definition) is 3. The third-order valence-electron chi connectivity index (χ3n) is 4.35. The third kappa shape index (κ3) is 3.08. The summed E-state index contributed by atoms with van der Waals surface area (Å²) in [4.78, 5) is 30.5. The zero-order valence-corrected chi connectivity index (χ0v) is 16.2. The van der Waals surface area contributed by atoms with Crippen LogP contribution in [0.5, 0.6) is 0 Å². The monoisotopic (exact) mass is 404 g/mol. The number of halogens is 1. The number of fused-ring (bicyclic) bond motifs is 1. The van der Waals surface area contributed by atoms with Crippen molar-refractivity contribution in [3.63, 3.8) is 0 Å². The highest BCUT2D eigenvalue weighted by Gasteiger charge is 2.19. The smallest absolute Gasteiger partial charge is 0.325 e. The number of rotatable bonds is 5. The van der Waals surface area contributed by atoms with Crippen LogP contribution in [0.25, 0.3) is 11.2 Å². The Morgan fingerprint density at radius 3 is 2.36 bits per heavy atom. The molecule has 132 valence electrons. The van der Waals surface area contributed by atoms with E-state index in [2.05, 4.69) is 20.9 Å². The highest BCUT2D eigenvalue weighted by molar-refractivity contribution is 9.10. The van der Waals surface area contributed by atoms with E-state index in [0.29, 0.717) is 24.1 Å². The minimum absolute atomic E-state index is 0.247. The van der Waals surface area contributed by atoms with Crippen LogP contribution >= 0.6 is 15.9 Å². The fraction of sp³-hybridized carbons (Fsp3) is 0.389. The van der Waals surface area contributed by atoms with Gasteiger partial charge in [0, 0.05) is 24.5 Å². The van der Waals surface area contributed by atoms with E-state index in [1.54, 1.807) is 9.13 Å². The molecule has 7 heteroatoms. The first kappa shape index (κ1) is 17.7. The van der Waals surface area contributed by atoms with Crippen molar-refractivity contribution in [2.24, 2.45) is 7.05 Å². The zero-order valence-electron chi connectivity index (χ0n) is 14.6. The van der Waals surface area contributed by atoms with Crippen LogP contribution in [0.4, 0.5) is 0 Å². The quantitative estimate of drug-likeness (QED) is 0.656. The predicted octanol–water partition coefficient (Wildman–Crippen LogP) is 2.68. The lowest BCUT2D eigenvalue weighted by Crippen LogP contribution is -2.40. The Kier molecular flexibility index (Phi) is 4.94. The number of benzene rings is 1. The number of nitrogens with zero attached hydrogens (tertiary/aromatic N) is 4. The lowest BCUT2D eigenvalue weighted by atomic mass is 10.2. The molecule has 0 unspecified atom stereocenters. The third-order valence-corrected chi connectivity index (χ3v) is 4.88. The molecule has 25 heavy (non-hydrogen) atoms. The highest BCUT2D eigenvalue weighted by Crippen LogP contribution is 2.13.